The third-order valence-electron chi connectivity index (χ3n) is 5.38. The standard InChI is InChI=1S/C22H25N5O2/c23-17-18-4-3-5-19(16-18)24-22(28)27-10-8-25(9-11-27)20-6-1-2-7-21(20)26-12-14-29-15-13-26/h1-7,16H,8-15H2,(H,24,28). The summed E-state index contributed by atoms with van der Waals surface area (Å²) in [6, 6.07) is 17.4. The van der Waals surface area contributed by atoms with E-state index >= 15 is 0 Å². The minimum Gasteiger partial charge on any atom is -0.378 e. The third-order valence-corrected chi connectivity index (χ3v) is 5.38. The zero-order chi connectivity index (χ0) is 20.1. The molecule has 0 aromatic heterocycles. The van der Waals surface area contributed by atoms with Crippen molar-refractivity contribution in [2.45, 2.75) is 0 Å². The maximum atomic E-state index is 12.6. The molecule has 2 aromatic rings. The second-order valence-corrected chi connectivity index (χ2v) is 7.18. The monoisotopic (exact) mass is 391 g/mol. The van der Waals surface area contributed by atoms with Crippen LogP contribution in [0.4, 0.5) is 21.9 Å². The zero-order valence-corrected chi connectivity index (χ0v) is 16.4. The van der Waals surface area contributed by atoms with E-state index in [2.05, 4.69) is 45.5 Å². The fraction of sp³-hybridized carbons (Fsp3) is 0.364. The van der Waals surface area contributed by atoms with Gasteiger partial charge in [-0.25, -0.2) is 4.79 Å². The van der Waals surface area contributed by atoms with Crippen LogP contribution in [0, 0.1) is 11.3 Å². The first-order valence-electron chi connectivity index (χ1n) is 9.97. The van der Waals surface area contributed by atoms with Gasteiger partial charge < -0.3 is 24.8 Å². The topological polar surface area (TPSA) is 71.8 Å². The Morgan fingerprint density at radius 2 is 1.55 bits per heavy atom. The third kappa shape index (κ3) is 4.44. The molecule has 4 rings (SSSR count). The number of anilines is 3. The molecule has 29 heavy (non-hydrogen) atoms. The van der Waals surface area contributed by atoms with E-state index in [0.29, 0.717) is 24.3 Å². The van der Waals surface area contributed by atoms with Gasteiger partial charge in [-0.3, -0.25) is 0 Å². The number of nitrogens with one attached hydrogen (secondary N) is 1. The highest BCUT2D eigenvalue weighted by atomic mass is 16.5. The number of piperazine rings is 1. The second-order valence-electron chi connectivity index (χ2n) is 7.18. The number of morpholine rings is 1. The van der Waals surface area contributed by atoms with Gasteiger partial charge in [0.05, 0.1) is 36.2 Å². The molecule has 2 aliphatic heterocycles. The van der Waals surface area contributed by atoms with Crippen LogP contribution in [-0.4, -0.2) is 63.4 Å². The van der Waals surface area contributed by atoms with Gasteiger partial charge in [-0.05, 0) is 30.3 Å². The molecule has 2 saturated heterocycles. The number of amides is 2. The SMILES string of the molecule is N#Cc1cccc(NC(=O)N2CCN(c3ccccc3N3CCOCC3)CC2)c1. The average Bonchev–Trinajstić information content (AvgIpc) is 2.80. The lowest BCUT2D eigenvalue weighted by Crippen LogP contribution is -2.50. The van der Waals surface area contributed by atoms with Crippen molar-refractivity contribution in [1.29, 1.82) is 5.26 Å². The van der Waals surface area contributed by atoms with Crippen molar-refractivity contribution in [1.82, 2.24) is 4.90 Å². The Balaban J connectivity index is 1.38. The molecule has 150 valence electrons. The van der Waals surface area contributed by atoms with E-state index in [1.807, 2.05) is 4.90 Å². The Kier molecular flexibility index (Phi) is 5.82. The van der Waals surface area contributed by atoms with Crippen molar-refractivity contribution in [2.24, 2.45) is 0 Å². The molecule has 0 radical (unpaired) electrons. The minimum atomic E-state index is -0.124. The van der Waals surface area contributed by atoms with E-state index in [-0.39, 0.29) is 6.03 Å². The van der Waals surface area contributed by atoms with Crippen LogP contribution in [0.5, 0.6) is 0 Å². The van der Waals surface area contributed by atoms with E-state index in [1.54, 1.807) is 24.3 Å². The summed E-state index contributed by atoms with van der Waals surface area (Å²) >= 11 is 0. The quantitative estimate of drug-likeness (QED) is 0.871. The number of nitrogens with zero attached hydrogens (tertiary/aromatic N) is 4. The number of rotatable bonds is 3. The Morgan fingerprint density at radius 3 is 2.21 bits per heavy atom. The van der Waals surface area contributed by atoms with Crippen LogP contribution in [0.2, 0.25) is 0 Å². The highest BCUT2D eigenvalue weighted by molar-refractivity contribution is 5.89. The van der Waals surface area contributed by atoms with Gasteiger partial charge in [-0.15, -0.1) is 0 Å². The minimum absolute atomic E-state index is 0.124. The number of hydrogen-bond acceptors (Lipinski definition) is 5. The molecule has 2 aromatic carbocycles. The summed E-state index contributed by atoms with van der Waals surface area (Å²) in [5.74, 6) is 0. The number of benzene rings is 2. The molecule has 0 unspecified atom stereocenters. The van der Waals surface area contributed by atoms with Crippen molar-refractivity contribution in [3.05, 3.63) is 54.1 Å². The maximum absolute atomic E-state index is 12.6. The predicted octanol–water partition coefficient (Wildman–Crippen LogP) is 2.75. The molecule has 0 saturated carbocycles. The fourth-order valence-electron chi connectivity index (χ4n) is 3.82. The molecule has 2 heterocycles. The predicted molar refractivity (Wildman–Crippen MR) is 113 cm³/mol. The highest BCUT2D eigenvalue weighted by Crippen LogP contribution is 2.30. The summed E-state index contributed by atoms with van der Waals surface area (Å²) < 4.78 is 5.49. The van der Waals surface area contributed by atoms with Gasteiger partial charge in [0.15, 0.2) is 0 Å². The smallest absolute Gasteiger partial charge is 0.321 e. The maximum Gasteiger partial charge on any atom is 0.321 e. The Bertz CT molecular complexity index is 896. The van der Waals surface area contributed by atoms with Crippen LogP contribution in [-0.2, 0) is 4.74 Å². The van der Waals surface area contributed by atoms with Crippen molar-refractivity contribution in [3.8, 4) is 6.07 Å². The van der Waals surface area contributed by atoms with Crippen LogP contribution in [0.15, 0.2) is 48.5 Å². The highest BCUT2D eigenvalue weighted by Gasteiger charge is 2.24. The summed E-state index contributed by atoms with van der Waals surface area (Å²) in [5, 5.41) is 11.9. The van der Waals surface area contributed by atoms with Gasteiger partial charge in [0.2, 0.25) is 0 Å². The molecule has 7 nitrogen and oxygen atoms in total. The summed E-state index contributed by atoms with van der Waals surface area (Å²) in [4.78, 5) is 19.2. The van der Waals surface area contributed by atoms with Crippen LogP contribution in [0.25, 0.3) is 0 Å². The van der Waals surface area contributed by atoms with Crippen molar-refractivity contribution >= 4 is 23.1 Å². The van der Waals surface area contributed by atoms with Crippen molar-refractivity contribution in [2.75, 3.05) is 67.6 Å². The van der Waals surface area contributed by atoms with Gasteiger partial charge in [-0.1, -0.05) is 18.2 Å². The summed E-state index contributed by atoms with van der Waals surface area (Å²) in [7, 11) is 0. The lowest BCUT2D eigenvalue weighted by molar-refractivity contribution is 0.122. The molecule has 2 aliphatic rings. The van der Waals surface area contributed by atoms with Gasteiger partial charge in [0, 0.05) is 45.0 Å². The second kappa shape index (κ2) is 8.84. The summed E-state index contributed by atoms with van der Waals surface area (Å²) in [5.41, 5.74) is 3.64. The van der Waals surface area contributed by atoms with Gasteiger partial charge >= 0.3 is 6.03 Å². The number of ether oxygens (including phenoxy) is 1. The normalized spacial score (nSPS) is 17.0. The van der Waals surface area contributed by atoms with Gasteiger partial charge in [-0.2, -0.15) is 5.26 Å². The Hall–Kier alpha value is -3.24. The van der Waals surface area contributed by atoms with Crippen LogP contribution >= 0.6 is 0 Å². The first-order chi connectivity index (χ1) is 14.2. The first kappa shape index (κ1) is 19.1. The number of hydrogen-bond donors (Lipinski definition) is 1. The van der Waals surface area contributed by atoms with Crippen LogP contribution < -0.4 is 15.1 Å². The molecule has 2 fully saturated rings. The van der Waals surface area contributed by atoms with E-state index in [9.17, 15) is 4.79 Å². The van der Waals surface area contributed by atoms with Crippen molar-refractivity contribution in [3.63, 3.8) is 0 Å². The van der Waals surface area contributed by atoms with E-state index in [1.165, 1.54) is 11.4 Å². The molecule has 7 heteroatoms. The Morgan fingerprint density at radius 1 is 0.897 bits per heavy atom. The molecule has 1 N–H and O–H groups in total. The molecule has 2 amide bonds. The Labute approximate surface area is 171 Å². The van der Waals surface area contributed by atoms with Crippen LogP contribution in [0.1, 0.15) is 5.56 Å². The van der Waals surface area contributed by atoms with E-state index < -0.39 is 0 Å². The molecule has 0 spiro atoms. The average molecular weight is 391 g/mol. The van der Waals surface area contributed by atoms with Crippen LogP contribution in [0.3, 0.4) is 0 Å². The lowest BCUT2D eigenvalue weighted by Gasteiger charge is -2.39. The zero-order valence-electron chi connectivity index (χ0n) is 16.4. The molecular weight excluding hydrogens is 366 g/mol. The van der Waals surface area contributed by atoms with E-state index in [4.69, 9.17) is 10.00 Å². The molecular formula is C22H25N5O2. The molecule has 0 aliphatic carbocycles. The number of carbonyl (C=O) groups excluding carboxylic acids is 1. The largest absolute Gasteiger partial charge is 0.378 e. The number of para-hydroxylation sites is 2. The van der Waals surface area contributed by atoms with Gasteiger partial charge in [0.25, 0.3) is 0 Å². The lowest BCUT2D eigenvalue weighted by atomic mass is 10.2. The van der Waals surface area contributed by atoms with E-state index in [0.717, 1.165) is 39.4 Å². The molecule has 0 bridgehead atoms. The number of nitriles is 1. The van der Waals surface area contributed by atoms with Gasteiger partial charge in [0.1, 0.15) is 0 Å². The summed E-state index contributed by atoms with van der Waals surface area (Å²) in [6.07, 6.45) is 0. The number of carbonyl (C=O) groups is 1. The number of urea groups is 1. The molecule has 0 atom stereocenters. The fourth-order valence-corrected chi connectivity index (χ4v) is 3.82. The summed E-state index contributed by atoms with van der Waals surface area (Å²) in [6.45, 7) is 6.20. The van der Waals surface area contributed by atoms with Crippen molar-refractivity contribution < 1.29 is 9.53 Å². The first-order valence-corrected chi connectivity index (χ1v) is 9.97.